The van der Waals surface area contributed by atoms with Gasteiger partial charge in [0.25, 0.3) is 0 Å². The van der Waals surface area contributed by atoms with Gasteiger partial charge in [0.05, 0.1) is 29.0 Å². The van der Waals surface area contributed by atoms with Crippen molar-refractivity contribution >= 4 is 45.4 Å². The number of fused-ring (bicyclic) bond motifs is 2. The van der Waals surface area contributed by atoms with Gasteiger partial charge < -0.3 is 24.4 Å². The van der Waals surface area contributed by atoms with Gasteiger partial charge in [0.15, 0.2) is 5.82 Å². The van der Waals surface area contributed by atoms with Crippen molar-refractivity contribution in [3.8, 4) is 11.5 Å². The number of hydrogen-bond acceptors (Lipinski definition) is 9. The molecule has 0 saturated carbocycles. The van der Waals surface area contributed by atoms with Crippen molar-refractivity contribution in [2.24, 2.45) is 12.5 Å². The van der Waals surface area contributed by atoms with Crippen LogP contribution in [-0.2, 0) is 11.8 Å². The van der Waals surface area contributed by atoms with Crippen molar-refractivity contribution in [3.05, 3.63) is 60.8 Å². The van der Waals surface area contributed by atoms with Crippen molar-refractivity contribution in [1.29, 1.82) is 0 Å². The number of hydrogen-bond donors (Lipinski definition) is 1. The molecule has 1 amide bonds. The monoisotopic (exact) mass is 521 g/mol. The van der Waals surface area contributed by atoms with E-state index in [9.17, 15) is 4.79 Å². The molecule has 39 heavy (non-hydrogen) atoms. The summed E-state index contributed by atoms with van der Waals surface area (Å²) in [5.41, 5.74) is 4.72. The fraction of sp³-hybridized carbons (Fsp3) is 0.286. The molecule has 2 saturated heterocycles. The zero-order chi connectivity index (χ0) is 26.7. The Labute approximate surface area is 224 Å². The third kappa shape index (κ3) is 3.89. The average Bonchev–Trinajstić information content (AvgIpc) is 3.43. The molecule has 2 fully saturated rings. The smallest absolute Gasteiger partial charge is 0.232 e. The van der Waals surface area contributed by atoms with E-state index in [2.05, 4.69) is 25.3 Å². The molecule has 11 heteroatoms. The quantitative estimate of drug-likeness (QED) is 0.369. The van der Waals surface area contributed by atoms with E-state index in [-0.39, 0.29) is 11.3 Å². The number of aromatic nitrogens is 6. The summed E-state index contributed by atoms with van der Waals surface area (Å²) in [5, 5.41) is 3.38. The minimum Gasteiger partial charge on any atom is -0.457 e. The normalized spacial score (nSPS) is 16.3. The molecule has 0 aliphatic carbocycles. The standard InChI is InChI=1S/C28H27N9O2/c1-17-10-18(4-7-23(17)39-19-5-6-22-20(11-19)32-16-36(22)3)33-25-24-21(30-15-31-25)12-29-27(34-24)37-13-28(14-37)8-9-35(2)26(28)38/h4-7,10-12,15-16H,8-9,13-14H2,1-3H3,(H,30,31,33). The maximum Gasteiger partial charge on any atom is 0.232 e. The Hall–Kier alpha value is -4.80. The van der Waals surface area contributed by atoms with Crippen LogP contribution in [0, 0.1) is 12.3 Å². The molecule has 0 unspecified atom stereocenters. The first-order chi connectivity index (χ1) is 18.9. The lowest BCUT2D eigenvalue weighted by molar-refractivity contribution is -0.136. The Bertz CT molecular complexity index is 1760. The number of ether oxygens (including phenoxy) is 1. The van der Waals surface area contributed by atoms with Crippen molar-refractivity contribution < 1.29 is 9.53 Å². The van der Waals surface area contributed by atoms with Crippen molar-refractivity contribution in [2.75, 3.05) is 36.9 Å². The summed E-state index contributed by atoms with van der Waals surface area (Å²) in [6, 6.07) is 11.8. The number of amides is 1. The van der Waals surface area contributed by atoms with Crippen LogP contribution >= 0.6 is 0 Å². The van der Waals surface area contributed by atoms with Crippen LogP contribution in [0.1, 0.15) is 12.0 Å². The molecule has 0 bridgehead atoms. The highest BCUT2D eigenvalue weighted by Gasteiger charge is 2.54. The van der Waals surface area contributed by atoms with Crippen LogP contribution in [0.4, 0.5) is 17.5 Å². The maximum absolute atomic E-state index is 12.6. The lowest BCUT2D eigenvalue weighted by atomic mass is 9.78. The highest BCUT2D eigenvalue weighted by Crippen LogP contribution is 2.41. The molecule has 2 aliphatic heterocycles. The second-order valence-corrected chi connectivity index (χ2v) is 10.5. The van der Waals surface area contributed by atoms with E-state index in [0.717, 1.165) is 46.7 Å². The first-order valence-electron chi connectivity index (χ1n) is 12.8. The predicted molar refractivity (Wildman–Crippen MR) is 147 cm³/mol. The highest BCUT2D eigenvalue weighted by molar-refractivity contribution is 5.89. The molecular weight excluding hydrogens is 494 g/mol. The number of carbonyl (C=O) groups is 1. The second-order valence-electron chi connectivity index (χ2n) is 10.5. The topological polar surface area (TPSA) is 114 Å². The Morgan fingerprint density at radius 1 is 1.00 bits per heavy atom. The van der Waals surface area contributed by atoms with Gasteiger partial charge in [-0.2, -0.15) is 0 Å². The summed E-state index contributed by atoms with van der Waals surface area (Å²) in [7, 11) is 3.83. The van der Waals surface area contributed by atoms with Gasteiger partial charge >= 0.3 is 0 Å². The van der Waals surface area contributed by atoms with Crippen LogP contribution in [-0.4, -0.2) is 67.0 Å². The molecule has 2 aliphatic rings. The Morgan fingerprint density at radius 3 is 2.67 bits per heavy atom. The van der Waals surface area contributed by atoms with Crippen LogP contribution in [0.5, 0.6) is 11.5 Å². The first kappa shape index (κ1) is 23.3. The van der Waals surface area contributed by atoms with Crippen molar-refractivity contribution in [1.82, 2.24) is 34.4 Å². The number of rotatable bonds is 5. The van der Waals surface area contributed by atoms with E-state index in [1.807, 2.05) is 71.8 Å². The molecule has 0 atom stereocenters. The lowest BCUT2D eigenvalue weighted by Gasteiger charge is -2.46. The summed E-state index contributed by atoms with van der Waals surface area (Å²) in [5.74, 6) is 2.87. The zero-order valence-electron chi connectivity index (χ0n) is 21.9. The van der Waals surface area contributed by atoms with Crippen LogP contribution < -0.4 is 15.0 Å². The highest BCUT2D eigenvalue weighted by atomic mass is 16.5. The summed E-state index contributed by atoms with van der Waals surface area (Å²) in [4.78, 5) is 38.9. The van der Waals surface area contributed by atoms with Crippen LogP contribution in [0.3, 0.4) is 0 Å². The van der Waals surface area contributed by atoms with E-state index in [0.29, 0.717) is 35.9 Å². The zero-order valence-corrected chi connectivity index (χ0v) is 21.9. The summed E-state index contributed by atoms with van der Waals surface area (Å²) in [6.07, 6.45) is 5.87. The van der Waals surface area contributed by atoms with Crippen LogP contribution in [0.2, 0.25) is 0 Å². The molecule has 5 heterocycles. The number of benzene rings is 2. The molecule has 1 N–H and O–H groups in total. The van der Waals surface area contributed by atoms with Crippen LogP contribution in [0.15, 0.2) is 55.2 Å². The van der Waals surface area contributed by atoms with Gasteiger partial charge in [0.2, 0.25) is 11.9 Å². The summed E-state index contributed by atoms with van der Waals surface area (Å²) < 4.78 is 8.14. The number of nitrogens with zero attached hydrogens (tertiary/aromatic N) is 8. The summed E-state index contributed by atoms with van der Waals surface area (Å²) in [6.45, 7) is 4.06. The molecule has 7 rings (SSSR count). The van der Waals surface area contributed by atoms with Gasteiger partial charge in [-0.25, -0.2) is 24.9 Å². The lowest BCUT2D eigenvalue weighted by Crippen LogP contribution is -2.60. The van der Waals surface area contributed by atoms with Gasteiger partial charge in [-0.1, -0.05) is 0 Å². The molecular formula is C28H27N9O2. The van der Waals surface area contributed by atoms with Gasteiger partial charge in [-0.3, -0.25) is 4.79 Å². The second kappa shape index (κ2) is 8.62. The first-order valence-corrected chi connectivity index (χ1v) is 12.8. The Kier molecular flexibility index (Phi) is 5.15. The fourth-order valence-corrected chi connectivity index (χ4v) is 5.49. The van der Waals surface area contributed by atoms with Gasteiger partial charge in [0.1, 0.15) is 28.9 Å². The molecule has 3 aromatic heterocycles. The van der Waals surface area contributed by atoms with E-state index in [1.54, 1.807) is 12.5 Å². The third-order valence-electron chi connectivity index (χ3n) is 7.72. The molecule has 11 nitrogen and oxygen atoms in total. The van der Waals surface area contributed by atoms with Crippen LogP contribution in [0.25, 0.3) is 22.1 Å². The SMILES string of the molecule is Cc1cc(Nc2ncnc3cnc(N4CC5(CCN(C)C5=O)C4)nc23)ccc1Oc1ccc2c(c1)ncn2C. The van der Waals surface area contributed by atoms with Gasteiger partial charge in [-0.15, -0.1) is 0 Å². The largest absolute Gasteiger partial charge is 0.457 e. The molecule has 1 spiro atoms. The minimum atomic E-state index is -0.300. The van der Waals surface area contributed by atoms with Crippen molar-refractivity contribution in [3.63, 3.8) is 0 Å². The molecule has 196 valence electrons. The Balaban J connectivity index is 1.11. The average molecular weight is 522 g/mol. The van der Waals surface area contributed by atoms with E-state index in [1.165, 1.54) is 6.33 Å². The third-order valence-corrected chi connectivity index (χ3v) is 7.72. The van der Waals surface area contributed by atoms with Gasteiger partial charge in [-0.05, 0) is 49.2 Å². The van der Waals surface area contributed by atoms with E-state index < -0.39 is 0 Å². The number of anilines is 3. The number of imidazole rings is 1. The number of carbonyl (C=O) groups excluding carboxylic acids is 1. The molecule has 0 radical (unpaired) electrons. The van der Waals surface area contributed by atoms with Gasteiger partial charge in [0, 0.05) is 45.5 Å². The van der Waals surface area contributed by atoms with E-state index >= 15 is 0 Å². The predicted octanol–water partition coefficient (Wildman–Crippen LogP) is 3.82. The maximum atomic E-state index is 12.6. The number of nitrogens with one attached hydrogen (secondary N) is 1. The summed E-state index contributed by atoms with van der Waals surface area (Å²) >= 11 is 0. The molecule has 2 aromatic carbocycles. The van der Waals surface area contributed by atoms with Crippen molar-refractivity contribution in [2.45, 2.75) is 13.3 Å². The fourth-order valence-electron chi connectivity index (χ4n) is 5.49. The van der Waals surface area contributed by atoms with E-state index in [4.69, 9.17) is 9.72 Å². The molecule has 5 aromatic rings. The minimum absolute atomic E-state index is 0.213. The number of likely N-dealkylation sites (tertiary alicyclic amines) is 1. The number of aryl methyl sites for hydroxylation is 2. The Morgan fingerprint density at radius 2 is 1.87 bits per heavy atom.